The molecule has 2 fully saturated rings. The molecule has 162 valence electrons. The minimum absolute atomic E-state index is 0.163. The smallest absolute Gasteiger partial charge is 0.294 e. The van der Waals surface area contributed by atoms with Gasteiger partial charge < -0.3 is 9.47 Å². The molecule has 1 aromatic carbocycles. The van der Waals surface area contributed by atoms with Crippen molar-refractivity contribution >= 4 is 46.5 Å². The number of benzene rings is 1. The number of thioether (sulfide) groups is 1. The lowest BCUT2D eigenvalue weighted by Gasteiger charge is -2.27. The van der Waals surface area contributed by atoms with E-state index < -0.39 is 11.1 Å². The summed E-state index contributed by atoms with van der Waals surface area (Å²) in [5.74, 6) is -0.569. The maximum Gasteiger partial charge on any atom is 0.294 e. The molecule has 0 aliphatic carbocycles. The van der Waals surface area contributed by atoms with E-state index in [4.69, 9.17) is 11.6 Å². The Balaban J connectivity index is 1.55. The third-order valence-corrected chi connectivity index (χ3v) is 6.88. The highest BCUT2D eigenvalue weighted by molar-refractivity contribution is 8.18. The lowest BCUT2D eigenvalue weighted by atomic mass is 10.1. The first kappa shape index (κ1) is 21.7. The van der Waals surface area contributed by atoms with Gasteiger partial charge in [0, 0.05) is 35.2 Å². The van der Waals surface area contributed by atoms with Crippen LogP contribution in [-0.2, 0) is 9.59 Å². The number of nitrogens with zero attached hydrogens (tertiary/aromatic N) is 3. The Morgan fingerprint density at radius 1 is 1.10 bits per heavy atom. The number of likely N-dealkylation sites (tertiary alicyclic amines) is 1. The molecule has 31 heavy (non-hydrogen) atoms. The minimum atomic E-state index is -0.406. The Hall–Kier alpha value is -2.51. The zero-order valence-corrected chi connectivity index (χ0v) is 19.1. The number of aryl methyl sites for hydroxylation is 1. The molecule has 0 radical (unpaired) electrons. The molecule has 3 heterocycles. The summed E-state index contributed by atoms with van der Waals surface area (Å²) in [5, 5.41) is 0.271. The average Bonchev–Trinajstić information content (AvgIpc) is 3.19. The monoisotopic (exact) mass is 457 g/mol. The van der Waals surface area contributed by atoms with Crippen LogP contribution in [0.1, 0.15) is 36.2 Å². The standard InChI is InChI=1S/C23H24ClN3O3S/c1-15-12-17(16(2)27(15)19-8-6-18(24)7-9-19)13-20-22(29)26(23(30)31-20)14-21(28)25-10-4-3-5-11-25/h6-9,12-13H,3-5,10-11,14H2,1-2H3/b20-13-. The van der Waals surface area contributed by atoms with Crippen molar-refractivity contribution in [2.24, 2.45) is 0 Å². The SMILES string of the molecule is Cc1cc(/C=C2\SC(=O)N(CC(=O)N3CCCCC3)C2=O)c(C)n1-c1ccc(Cl)cc1. The molecule has 0 bridgehead atoms. The van der Waals surface area contributed by atoms with E-state index in [1.54, 1.807) is 11.0 Å². The lowest BCUT2D eigenvalue weighted by Crippen LogP contribution is -2.44. The predicted molar refractivity (Wildman–Crippen MR) is 123 cm³/mol. The van der Waals surface area contributed by atoms with Crippen LogP contribution in [0.15, 0.2) is 35.2 Å². The van der Waals surface area contributed by atoms with E-state index in [9.17, 15) is 14.4 Å². The van der Waals surface area contributed by atoms with Gasteiger partial charge in [0.05, 0.1) is 4.91 Å². The average molecular weight is 458 g/mol. The molecule has 2 aliphatic heterocycles. The van der Waals surface area contributed by atoms with Gasteiger partial charge in [-0.1, -0.05) is 11.6 Å². The first-order valence-electron chi connectivity index (χ1n) is 10.3. The molecular weight excluding hydrogens is 434 g/mol. The van der Waals surface area contributed by atoms with E-state index in [1.165, 1.54) is 0 Å². The Labute approximate surface area is 190 Å². The van der Waals surface area contributed by atoms with Gasteiger partial charge in [-0.25, -0.2) is 0 Å². The molecule has 0 unspecified atom stereocenters. The highest BCUT2D eigenvalue weighted by Crippen LogP contribution is 2.34. The van der Waals surface area contributed by atoms with E-state index >= 15 is 0 Å². The fourth-order valence-corrected chi connectivity index (χ4v) is 5.03. The third kappa shape index (κ3) is 4.43. The van der Waals surface area contributed by atoms with Crippen molar-refractivity contribution in [2.75, 3.05) is 19.6 Å². The summed E-state index contributed by atoms with van der Waals surface area (Å²) in [6.07, 6.45) is 4.79. The molecule has 2 aliphatic rings. The molecule has 0 atom stereocenters. The fourth-order valence-electron chi connectivity index (χ4n) is 4.08. The van der Waals surface area contributed by atoms with Crippen LogP contribution < -0.4 is 0 Å². The van der Waals surface area contributed by atoms with Crippen LogP contribution in [0.3, 0.4) is 0 Å². The minimum Gasteiger partial charge on any atom is -0.341 e. The Morgan fingerprint density at radius 2 is 1.77 bits per heavy atom. The second kappa shape index (κ2) is 8.93. The summed E-state index contributed by atoms with van der Waals surface area (Å²) < 4.78 is 2.08. The second-order valence-electron chi connectivity index (χ2n) is 7.85. The first-order chi connectivity index (χ1) is 14.8. The van der Waals surface area contributed by atoms with E-state index in [2.05, 4.69) is 4.57 Å². The molecule has 1 aromatic heterocycles. The lowest BCUT2D eigenvalue weighted by molar-refractivity contribution is -0.136. The Bertz CT molecular complexity index is 1070. The van der Waals surface area contributed by atoms with Crippen molar-refractivity contribution in [1.82, 2.24) is 14.4 Å². The number of hydrogen-bond donors (Lipinski definition) is 0. The maximum atomic E-state index is 12.9. The molecular formula is C23H24ClN3O3S. The van der Waals surface area contributed by atoms with Crippen molar-refractivity contribution in [3.8, 4) is 5.69 Å². The quantitative estimate of drug-likeness (QED) is 0.619. The summed E-state index contributed by atoms with van der Waals surface area (Å²) in [4.78, 5) is 41.0. The summed E-state index contributed by atoms with van der Waals surface area (Å²) in [7, 11) is 0. The molecule has 2 aromatic rings. The number of aromatic nitrogens is 1. The van der Waals surface area contributed by atoms with Crippen LogP contribution >= 0.6 is 23.4 Å². The normalized spacial score (nSPS) is 18.4. The van der Waals surface area contributed by atoms with Crippen LogP contribution in [0, 0.1) is 13.8 Å². The van der Waals surface area contributed by atoms with Gasteiger partial charge in [-0.15, -0.1) is 0 Å². The van der Waals surface area contributed by atoms with Gasteiger partial charge in [0.25, 0.3) is 11.1 Å². The van der Waals surface area contributed by atoms with Gasteiger partial charge >= 0.3 is 0 Å². The molecule has 3 amide bonds. The number of carbonyl (C=O) groups excluding carboxylic acids is 3. The number of imide groups is 1. The number of rotatable bonds is 4. The van der Waals surface area contributed by atoms with Gasteiger partial charge in [-0.05, 0) is 86.8 Å². The highest BCUT2D eigenvalue weighted by Gasteiger charge is 2.37. The van der Waals surface area contributed by atoms with E-state index in [0.717, 1.165) is 58.6 Å². The highest BCUT2D eigenvalue weighted by atomic mass is 35.5. The van der Waals surface area contributed by atoms with E-state index in [1.807, 2.05) is 44.2 Å². The molecule has 0 spiro atoms. The number of amides is 3. The second-order valence-corrected chi connectivity index (χ2v) is 9.28. The zero-order valence-electron chi connectivity index (χ0n) is 17.6. The predicted octanol–water partition coefficient (Wildman–Crippen LogP) is 4.80. The Kier molecular flexibility index (Phi) is 6.25. The van der Waals surface area contributed by atoms with Crippen molar-refractivity contribution in [3.63, 3.8) is 0 Å². The number of carbonyl (C=O) groups is 3. The summed E-state index contributed by atoms with van der Waals surface area (Å²) in [5.41, 5.74) is 3.79. The van der Waals surface area contributed by atoms with Crippen LogP contribution in [-0.4, -0.2) is 51.1 Å². The van der Waals surface area contributed by atoms with Gasteiger partial charge in [-0.3, -0.25) is 19.3 Å². The van der Waals surface area contributed by atoms with Crippen molar-refractivity contribution in [2.45, 2.75) is 33.1 Å². The van der Waals surface area contributed by atoms with Gasteiger partial charge in [0.15, 0.2) is 0 Å². The van der Waals surface area contributed by atoms with E-state index in [0.29, 0.717) is 23.0 Å². The van der Waals surface area contributed by atoms with Gasteiger partial charge in [0.1, 0.15) is 6.54 Å². The fraction of sp³-hybridized carbons (Fsp3) is 0.348. The summed E-state index contributed by atoms with van der Waals surface area (Å²) >= 11 is 6.89. The van der Waals surface area contributed by atoms with Crippen molar-refractivity contribution in [3.05, 3.63) is 57.2 Å². The van der Waals surface area contributed by atoms with Crippen molar-refractivity contribution in [1.29, 1.82) is 0 Å². The third-order valence-electron chi connectivity index (χ3n) is 5.72. The number of halogens is 1. The van der Waals surface area contributed by atoms with E-state index in [-0.39, 0.29) is 12.5 Å². The molecule has 6 nitrogen and oxygen atoms in total. The van der Waals surface area contributed by atoms with Gasteiger partial charge in [-0.2, -0.15) is 0 Å². The molecule has 2 saturated heterocycles. The summed E-state index contributed by atoms with van der Waals surface area (Å²) in [6, 6.07) is 9.52. The molecule has 8 heteroatoms. The summed E-state index contributed by atoms with van der Waals surface area (Å²) in [6.45, 7) is 5.16. The maximum absolute atomic E-state index is 12.9. The number of piperidine rings is 1. The van der Waals surface area contributed by atoms with Crippen LogP contribution in [0.5, 0.6) is 0 Å². The largest absolute Gasteiger partial charge is 0.341 e. The Morgan fingerprint density at radius 3 is 2.45 bits per heavy atom. The molecule has 0 N–H and O–H groups in total. The molecule has 0 saturated carbocycles. The first-order valence-corrected chi connectivity index (χ1v) is 11.5. The van der Waals surface area contributed by atoms with Crippen molar-refractivity contribution < 1.29 is 14.4 Å². The van der Waals surface area contributed by atoms with Gasteiger partial charge in [0.2, 0.25) is 5.91 Å². The zero-order chi connectivity index (χ0) is 22.1. The van der Waals surface area contributed by atoms with Crippen LogP contribution in [0.2, 0.25) is 5.02 Å². The van der Waals surface area contributed by atoms with Crippen LogP contribution in [0.4, 0.5) is 4.79 Å². The number of hydrogen-bond acceptors (Lipinski definition) is 4. The molecule has 4 rings (SSSR count). The topological polar surface area (TPSA) is 62.6 Å². The van der Waals surface area contributed by atoms with Crippen LogP contribution in [0.25, 0.3) is 11.8 Å².